The van der Waals surface area contributed by atoms with E-state index in [1.807, 2.05) is 85.9 Å². The fourth-order valence-corrected chi connectivity index (χ4v) is 18.1. The summed E-state index contributed by atoms with van der Waals surface area (Å²) in [6, 6.07) is 30.3. The number of halogens is 1. The van der Waals surface area contributed by atoms with Crippen molar-refractivity contribution < 1.29 is 37.4 Å². The molecule has 13 nitrogen and oxygen atoms in total. The van der Waals surface area contributed by atoms with Crippen molar-refractivity contribution in [2.75, 3.05) is 45.0 Å². The molecule has 0 bridgehead atoms. The Kier molecular flexibility index (Phi) is 17.6. The van der Waals surface area contributed by atoms with Gasteiger partial charge in [0, 0.05) is 94.0 Å². The van der Waals surface area contributed by atoms with Crippen molar-refractivity contribution >= 4 is 37.4 Å². The van der Waals surface area contributed by atoms with Crippen LogP contribution in [0.2, 0.25) is 16.6 Å². The third kappa shape index (κ3) is 11.5. The van der Waals surface area contributed by atoms with Crippen LogP contribution in [0.5, 0.6) is 11.5 Å². The van der Waals surface area contributed by atoms with Gasteiger partial charge in [-0.05, 0) is 151 Å². The molecule has 0 unspecified atom stereocenters. The quantitative estimate of drug-likeness (QED) is 0.0778. The number of methoxy groups -OCH3 is 1. The van der Waals surface area contributed by atoms with Crippen LogP contribution in [0.15, 0.2) is 91.0 Å². The smallest absolute Gasteiger partial charge is 0.264 e. The van der Waals surface area contributed by atoms with Gasteiger partial charge in [0.05, 0.1) is 36.9 Å². The first-order chi connectivity index (χ1) is 38.3. The molecule has 1 saturated heterocycles. The second kappa shape index (κ2) is 24.4. The predicted molar refractivity (Wildman–Crippen MR) is 314 cm³/mol. The van der Waals surface area contributed by atoms with Crippen molar-refractivity contribution in [3.63, 3.8) is 0 Å². The average Bonchev–Trinajstić information content (AvgIpc) is 4.06. The number of hydrogen-bond acceptors (Lipinski definition) is 8. The second-order valence-corrected chi connectivity index (χ2v) is 28.6. The molecule has 5 heterocycles. The Morgan fingerprint density at radius 3 is 2.14 bits per heavy atom. The van der Waals surface area contributed by atoms with E-state index < -0.39 is 14.1 Å². The lowest BCUT2D eigenvalue weighted by Crippen LogP contribution is -2.50. The third-order valence-electron chi connectivity index (χ3n) is 17.6. The number of carbonyl (C=O) groups excluding carboxylic acids is 3. The number of nitriles is 1. The number of anilines is 2. The van der Waals surface area contributed by atoms with Gasteiger partial charge in [0.25, 0.3) is 20.1 Å². The maximum Gasteiger partial charge on any atom is 0.264 e. The van der Waals surface area contributed by atoms with Gasteiger partial charge >= 0.3 is 0 Å². The molecule has 4 aromatic carbocycles. The van der Waals surface area contributed by atoms with Gasteiger partial charge in [-0.1, -0.05) is 71.9 Å². The molecule has 3 aliphatic rings. The molecule has 0 aliphatic carbocycles. The minimum Gasteiger partial charge on any atom is -0.543 e. The topological polar surface area (TPSA) is 132 Å². The Morgan fingerprint density at radius 2 is 1.49 bits per heavy atom. The van der Waals surface area contributed by atoms with Crippen molar-refractivity contribution in [2.45, 2.75) is 130 Å². The molecule has 0 radical (unpaired) electrons. The van der Waals surface area contributed by atoms with Crippen LogP contribution < -0.4 is 14.1 Å². The molecule has 9 rings (SSSR count). The number of benzene rings is 4. The molecule has 0 N–H and O–H groups in total. The van der Waals surface area contributed by atoms with Gasteiger partial charge in [0.2, 0.25) is 5.91 Å². The summed E-state index contributed by atoms with van der Waals surface area (Å²) >= 11 is 0. The molecule has 15 heteroatoms. The number of fused-ring (bicyclic) bond motifs is 2. The first-order valence-corrected chi connectivity index (χ1v) is 30.6. The van der Waals surface area contributed by atoms with Gasteiger partial charge in [-0.15, -0.1) is 0 Å². The minimum atomic E-state index is -2.30. The maximum absolute atomic E-state index is 15.7. The molecule has 2 aromatic heterocycles. The van der Waals surface area contributed by atoms with E-state index in [2.05, 4.69) is 65.8 Å². The molecule has 422 valence electrons. The molecule has 3 aliphatic heterocycles. The molecule has 0 spiro atoms. The fourth-order valence-electron chi connectivity index (χ4n) is 12.8. The predicted octanol–water partition coefficient (Wildman–Crippen LogP) is 12.7. The average molecular weight is 1100 g/mol. The second-order valence-electron chi connectivity index (χ2n) is 23.2. The maximum atomic E-state index is 15.7. The summed E-state index contributed by atoms with van der Waals surface area (Å²) in [6.45, 7) is 20.7. The van der Waals surface area contributed by atoms with E-state index in [9.17, 15) is 10.1 Å². The van der Waals surface area contributed by atoms with Crippen LogP contribution in [0.25, 0.3) is 11.3 Å². The Bertz CT molecular complexity index is 3270. The number of rotatable bonds is 18. The van der Waals surface area contributed by atoms with E-state index in [4.69, 9.17) is 18.6 Å². The van der Waals surface area contributed by atoms with Crippen LogP contribution in [-0.2, 0) is 60.7 Å². The summed E-state index contributed by atoms with van der Waals surface area (Å²) in [5, 5.41) is 10.2. The van der Waals surface area contributed by atoms with E-state index in [-0.39, 0.29) is 36.7 Å². The number of nitrogens with zero attached hydrogens (tertiary/aromatic N) is 6. The highest BCUT2D eigenvalue weighted by Crippen LogP contribution is 2.44. The van der Waals surface area contributed by atoms with Crippen LogP contribution in [0.4, 0.5) is 15.8 Å². The van der Waals surface area contributed by atoms with E-state index in [0.717, 1.165) is 60.6 Å². The summed E-state index contributed by atoms with van der Waals surface area (Å²) in [4.78, 5) is 50.7. The minimum absolute atomic E-state index is 0.120. The van der Waals surface area contributed by atoms with E-state index >= 15 is 14.0 Å². The molecule has 3 amide bonds. The summed E-state index contributed by atoms with van der Waals surface area (Å²) in [6.07, 6.45) is 3.88. The molecule has 6 aromatic rings. The van der Waals surface area contributed by atoms with E-state index in [1.54, 1.807) is 39.7 Å². The molecular weight excluding hydrogens is 1020 g/mol. The third-order valence-corrected chi connectivity index (χ3v) is 23.6. The first-order valence-electron chi connectivity index (χ1n) is 28.5. The van der Waals surface area contributed by atoms with Crippen LogP contribution in [0.1, 0.15) is 126 Å². The molecule has 1 fully saturated rings. The van der Waals surface area contributed by atoms with Crippen LogP contribution in [-0.4, -0.2) is 91.1 Å². The lowest BCUT2D eigenvalue weighted by atomic mass is 9.89. The highest BCUT2D eigenvalue weighted by Gasteiger charge is 2.47. The largest absolute Gasteiger partial charge is 0.543 e. The summed E-state index contributed by atoms with van der Waals surface area (Å²) < 4.78 is 43.6. The van der Waals surface area contributed by atoms with Gasteiger partial charge < -0.3 is 37.6 Å². The fraction of sp³-hybridized carbons (Fsp3) is 0.446. The van der Waals surface area contributed by atoms with Gasteiger partial charge in [-0.2, -0.15) is 5.26 Å². The van der Waals surface area contributed by atoms with Crippen LogP contribution >= 0.6 is 0 Å². The zero-order valence-corrected chi connectivity index (χ0v) is 49.7. The van der Waals surface area contributed by atoms with Gasteiger partial charge in [-0.25, -0.2) is 4.39 Å². The number of amides is 3. The molecule has 0 saturated carbocycles. The van der Waals surface area contributed by atoms with Crippen molar-refractivity contribution in [1.29, 1.82) is 5.26 Å². The number of aromatic nitrogens is 2. The van der Waals surface area contributed by atoms with E-state index in [0.29, 0.717) is 118 Å². The normalized spacial score (nSPS) is 15.8. The SMILES string of the molecule is COC[C@@H]1Cc2ccccc2CN1C(=O)c1cc2c(cc1-c1cc(C(=O)N(c3ccc(O[Si](C(C)C)(C(C)C)C(C)C)cc3)c3cc(C#N)n(C)c3C)c(C)n1C)CCN(C(=O)Cc1ccc(OCCC3CCOCC3)cc1F)C2. The summed E-state index contributed by atoms with van der Waals surface area (Å²) in [5.41, 5.74) is 10.6. The lowest BCUT2D eigenvalue weighted by Gasteiger charge is -2.42. The molecule has 1 atom stereocenters. The van der Waals surface area contributed by atoms with Gasteiger partial charge in [0.1, 0.15) is 29.1 Å². The first kappa shape index (κ1) is 57.7. The lowest BCUT2D eigenvalue weighted by molar-refractivity contribution is -0.131. The Labute approximate surface area is 473 Å². The highest BCUT2D eigenvalue weighted by molar-refractivity contribution is 6.78. The van der Waals surface area contributed by atoms with Crippen LogP contribution in [0, 0.1) is 36.9 Å². The molecular formula is C65H79FN6O7Si. The zero-order valence-electron chi connectivity index (χ0n) is 48.7. The van der Waals surface area contributed by atoms with Crippen molar-refractivity contribution in [2.24, 2.45) is 20.0 Å². The highest BCUT2D eigenvalue weighted by atomic mass is 28.4. The van der Waals surface area contributed by atoms with Crippen molar-refractivity contribution in [3.8, 4) is 28.8 Å². The number of ether oxygens (including phenoxy) is 3. The zero-order chi connectivity index (χ0) is 57.2. The standard InChI is InChI=1S/C65H79FN6O7Si/c1-41(2)80(42(3)4,43(5)6)79-55-20-17-52(18-21-55)72(61-34-53(37-67)68(9)45(61)8)65(75)57-36-62(69(10)44(57)7)58-31-48-22-26-70(63(73)33-49-16-19-56(35-60(49)66)78-29-25-46-23-27-77-28-24-46)38-51(48)32-59(58)64(74)71-39-50-15-13-12-14-47(50)30-54(71)40-76-11/h12-21,31-32,34-36,41-43,46,54H,22-30,33,38-40H2,1-11H3/t54-/m0/s1. The summed E-state index contributed by atoms with van der Waals surface area (Å²) in [7, 11) is 3.09. The van der Waals surface area contributed by atoms with Crippen molar-refractivity contribution in [3.05, 3.63) is 153 Å². The van der Waals surface area contributed by atoms with E-state index in [1.165, 1.54) is 11.6 Å². The number of hydrogen-bond donors (Lipinski definition) is 0. The monoisotopic (exact) mass is 1100 g/mol. The molecule has 80 heavy (non-hydrogen) atoms. The van der Waals surface area contributed by atoms with Crippen LogP contribution in [0.3, 0.4) is 0 Å². The Balaban J connectivity index is 1.06. The Hall–Kier alpha value is -6.99. The van der Waals surface area contributed by atoms with Gasteiger partial charge in [0.15, 0.2) is 0 Å². The summed E-state index contributed by atoms with van der Waals surface area (Å²) in [5.74, 6) is 0.535. The number of carbonyl (C=O) groups is 3. The van der Waals surface area contributed by atoms with Crippen molar-refractivity contribution in [1.82, 2.24) is 18.9 Å². The Morgan fingerprint density at radius 1 is 0.800 bits per heavy atom. The van der Waals surface area contributed by atoms with Gasteiger partial charge in [-0.3, -0.25) is 19.3 Å².